The van der Waals surface area contributed by atoms with Crippen LogP contribution < -0.4 is 9.44 Å². The molecule has 1 aliphatic carbocycles. The molecule has 88 valence electrons. The average molecular weight is 263 g/mol. The number of aromatic hydroxyl groups is 1. The molecule has 2 rings (SSSR count). The zero-order valence-corrected chi connectivity index (χ0v) is 9.85. The van der Waals surface area contributed by atoms with Crippen LogP contribution in [0.25, 0.3) is 0 Å². The Morgan fingerprint density at radius 3 is 2.62 bits per heavy atom. The SMILES string of the molecule is O=S(=O)(Nc1ccc(O)c(Cl)c1)NC1CC1. The highest BCUT2D eigenvalue weighted by Crippen LogP contribution is 2.27. The molecule has 1 aromatic carbocycles. The molecule has 1 fully saturated rings. The lowest BCUT2D eigenvalue weighted by Crippen LogP contribution is -2.31. The summed E-state index contributed by atoms with van der Waals surface area (Å²) in [7, 11) is -3.54. The number of anilines is 1. The second-order valence-corrected chi connectivity index (χ2v) is 5.52. The van der Waals surface area contributed by atoms with E-state index in [1.807, 2.05) is 0 Å². The maximum Gasteiger partial charge on any atom is 0.299 e. The third-order valence-electron chi connectivity index (χ3n) is 2.10. The lowest BCUT2D eigenvalue weighted by Gasteiger charge is -2.09. The molecule has 1 aliphatic rings. The van der Waals surface area contributed by atoms with Gasteiger partial charge in [0.15, 0.2) is 0 Å². The van der Waals surface area contributed by atoms with Crippen molar-refractivity contribution in [3.63, 3.8) is 0 Å². The minimum Gasteiger partial charge on any atom is -0.506 e. The van der Waals surface area contributed by atoms with Crippen LogP contribution in [-0.2, 0) is 10.2 Å². The van der Waals surface area contributed by atoms with E-state index in [1.165, 1.54) is 18.2 Å². The molecule has 5 nitrogen and oxygen atoms in total. The van der Waals surface area contributed by atoms with Gasteiger partial charge in [-0.15, -0.1) is 0 Å². The fourth-order valence-electron chi connectivity index (χ4n) is 1.18. The summed E-state index contributed by atoms with van der Waals surface area (Å²) in [6.07, 6.45) is 1.74. The number of hydrogen-bond acceptors (Lipinski definition) is 3. The normalized spacial score (nSPS) is 16.1. The van der Waals surface area contributed by atoms with Gasteiger partial charge in [-0.25, -0.2) is 0 Å². The number of hydrogen-bond donors (Lipinski definition) is 3. The second-order valence-electron chi connectivity index (χ2n) is 3.66. The molecule has 0 bridgehead atoms. The maximum absolute atomic E-state index is 11.5. The smallest absolute Gasteiger partial charge is 0.299 e. The lowest BCUT2D eigenvalue weighted by atomic mass is 10.3. The van der Waals surface area contributed by atoms with Gasteiger partial charge in [-0.1, -0.05) is 11.6 Å². The fraction of sp³-hybridized carbons (Fsp3) is 0.333. The highest BCUT2D eigenvalue weighted by atomic mass is 35.5. The Labute approximate surface area is 98.6 Å². The van der Waals surface area contributed by atoms with Crippen LogP contribution >= 0.6 is 11.6 Å². The summed E-state index contributed by atoms with van der Waals surface area (Å²) in [6.45, 7) is 0. The van der Waals surface area contributed by atoms with Gasteiger partial charge in [-0.3, -0.25) is 4.72 Å². The first kappa shape index (κ1) is 11.5. The Kier molecular flexibility index (Phi) is 2.96. The Morgan fingerprint density at radius 1 is 1.38 bits per heavy atom. The van der Waals surface area contributed by atoms with Gasteiger partial charge in [0.25, 0.3) is 10.2 Å². The van der Waals surface area contributed by atoms with Crippen molar-refractivity contribution in [3.8, 4) is 5.75 Å². The Hall–Kier alpha value is -0.980. The Balaban J connectivity index is 2.10. The summed E-state index contributed by atoms with van der Waals surface area (Å²) in [4.78, 5) is 0. The van der Waals surface area contributed by atoms with Crippen LogP contribution in [0.3, 0.4) is 0 Å². The van der Waals surface area contributed by atoms with Crippen molar-refractivity contribution in [2.45, 2.75) is 18.9 Å². The quantitative estimate of drug-likeness (QED) is 0.719. The van der Waals surface area contributed by atoms with E-state index in [0.717, 1.165) is 12.8 Å². The van der Waals surface area contributed by atoms with Crippen LogP contribution in [0.1, 0.15) is 12.8 Å². The van der Waals surface area contributed by atoms with Crippen molar-refractivity contribution < 1.29 is 13.5 Å². The number of phenols is 1. The number of phenolic OH excluding ortho intramolecular Hbond substituents is 1. The molecule has 1 saturated carbocycles. The Bertz CT molecular complexity index is 499. The van der Waals surface area contributed by atoms with Gasteiger partial charge in [0.1, 0.15) is 5.75 Å². The first-order chi connectivity index (χ1) is 7.46. The van der Waals surface area contributed by atoms with E-state index in [2.05, 4.69) is 9.44 Å². The molecule has 0 heterocycles. The predicted octanol–water partition coefficient (Wildman–Crippen LogP) is 1.45. The van der Waals surface area contributed by atoms with E-state index >= 15 is 0 Å². The first-order valence-corrected chi connectivity index (χ1v) is 6.61. The molecule has 16 heavy (non-hydrogen) atoms. The third-order valence-corrected chi connectivity index (χ3v) is 3.55. The number of benzene rings is 1. The maximum atomic E-state index is 11.5. The van der Waals surface area contributed by atoms with Crippen molar-refractivity contribution in [2.75, 3.05) is 4.72 Å². The van der Waals surface area contributed by atoms with Crippen LogP contribution in [-0.4, -0.2) is 19.6 Å². The third kappa shape index (κ3) is 3.01. The summed E-state index contributed by atoms with van der Waals surface area (Å²) in [6, 6.07) is 4.17. The summed E-state index contributed by atoms with van der Waals surface area (Å²) >= 11 is 5.66. The predicted molar refractivity (Wildman–Crippen MR) is 61.8 cm³/mol. The molecule has 1 aromatic rings. The van der Waals surface area contributed by atoms with Crippen LogP contribution in [0.5, 0.6) is 5.75 Å². The van der Waals surface area contributed by atoms with Crippen molar-refractivity contribution in [1.29, 1.82) is 0 Å². The van der Waals surface area contributed by atoms with Gasteiger partial charge >= 0.3 is 0 Å². The van der Waals surface area contributed by atoms with E-state index in [4.69, 9.17) is 11.6 Å². The highest BCUT2D eigenvalue weighted by Gasteiger charge is 2.26. The molecule has 3 N–H and O–H groups in total. The summed E-state index contributed by atoms with van der Waals surface area (Å²) in [5.74, 6) is -0.0835. The molecule has 7 heteroatoms. The van der Waals surface area contributed by atoms with Gasteiger partial charge in [0.2, 0.25) is 0 Å². The monoisotopic (exact) mass is 262 g/mol. The van der Waals surface area contributed by atoms with Crippen molar-refractivity contribution in [2.24, 2.45) is 0 Å². The average Bonchev–Trinajstić information content (AvgIpc) is 2.94. The van der Waals surface area contributed by atoms with Gasteiger partial charge in [-0.05, 0) is 31.0 Å². The molecule has 0 unspecified atom stereocenters. The molecule has 0 spiro atoms. The molecular weight excluding hydrogens is 252 g/mol. The first-order valence-electron chi connectivity index (χ1n) is 4.75. The van der Waals surface area contributed by atoms with E-state index in [1.54, 1.807) is 0 Å². The van der Waals surface area contributed by atoms with E-state index < -0.39 is 10.2 Å². The molecule has 0 aromatic heterocycles. The van der Waals surface area contributed by atoms with E-state index in [9.17, 15) is 13.5 Å². The number of nitrogens with one attached hydrogen (secondary N) is 2. The molecular formula is C9H11ClN2O3S. The Morgan fingerprint density at radius 2 is 2.06 bits per heavy atom. The lowest BCUT2D eigenvalue weighted by molar-refractivity contribution is 0.475. The van der Waals surface area contributed by atoms with Crippen LogP contribution in [0.4, 0.5) is 5.69 Å². The van der Waals surface area contributed by atoms with Crippen LogP contribution in [0, 0.1) is 0 Å². The minimum absolute atomic E-state index is 0.0464. The van der Waals surface area contributed by atoms with Crippen molar-refractivity contribution in [3.05, 3.63) is 23.2 Å². The summed E-state index contributed by atoms with van der Waals surface area (Å²) < 4.78 is 27.8. The summed E-state index contributed by atoms with van der Waals surface area (Å²) in [5, 5.41) is 9.28. The number of rotatable bonds is 4. The molecule has 0 aliphatic heterocycles. The highest BCUT2D eigenvalue weighted by molar-refractivity contribution is 7.90. The fourth-order valence-corrected chi connectivity index (χ4v) is 2.53. The van der Waals surface area contributed by atoms with E-state index in [-0.39, 0.29) is 16.8 Å². The topological polar surface area (TPSA) is 78.4 Å². The van der Waals surface area contributed by atoms with Gasteiger partial charge in [0.05, 0.1) is 10.7 Å². The summed E-state index contributed by atoms with van der Waals surface area (Å²) in [5.41, 5.74) is 0.316. The van der Waals surface area contributed by atoms with Crippen LogP contribution in [0.2, 0.25) is 5.02 Å². The molecule has 0 amide bonds. The molecule has 0 saturated heterocycles. The van der Waals surface area contributed by atoms with Gasteiger partial charge in [0, 0.05) is 6.04 Å². The molecule has 0 radical (unpaired) electrons. The minimum atomic E-state index is -3.54. The zero-order valence-electron chi connectivity index (χ0n) is 8.27. The number of halogens is 1. The van der Waals surface area contributed by atoms with Gasteiger partial charge in [-0.2, -0.15) is 13.1 Å². The van der Waals surface area contributed by atoms with Crippen molar-refractivity contribution in [1.82, 2.24) is 4.72 Å². The van der Waals surface area contributed by atoms with E-state index in [0.29, 0.717) is 5.69 Å². The van der Waals surface area contributed by atoms with Crippen molar-refractivity contribution >= 4 is 27.5 Å². The van der Waals surface area contributed by atoms with Crippen LogP contribution in [0.15, 0.2) is 18.2 Å². The largest absolute Gasteiger partial charge is 0.506 e. The van der Waals surface area contributed by atoms with Gasteiger partial charge < -0.3 is 5.11 Å². The standard InChI is InChI=1S/C9H11ClN2O3S/c10-8-5-7(3-4-9(8)13)12-16(14,15)11-6-1-2-6/h3-6,11-13H,1-2H2. The molecule has 0 atom stereocenters. The second kappa shape index (κ2) is 4.12. The zero-order chi connectivity index (χ0) is 11.8.